The fourth-order valence-electron chi connectivity index (χ4n) is 5.22. The third-order valence-corrected chi connectivity index (χ3v) is 8.11. The summed E-state index contributed by atoms with van der Waals surface area (Å²) in [5.41, 5.74) is 3.71. The van der Waals surface area contributed by atoms with Gasteiger partial charge in [-0.1, -0.05) is 54.2 Å². The van der Waals surface area contributed by atoms with Gasteiger partial charge in [0, 0.05) is 54.1 Å². The second kappa shape index (κ2) is 9.99. The van der Waals surface area contributed by atoms with Gasteiger partial charge in [-0.05, 0) is 47.5 Å². The van der Waals surface area contributed by atoms with Gasteiger partial charge in [0.25, 0.3) is 0 Å². The average Bonchev–Trinajstić information content (AvgIpc) is 2.91. The Bertz CT molecular complexity index is 1270. The van der Waals surface area contributed by atoms with E-state index in [0.717, 1.165) is 42.8 Å². The topological polar surface area (TPSA) is 48.8 Å². The summed E-state index contributed by atoms with van der Waals surface area (Å²) in [6.45, 7) is 4.70. The molecular formula is C29H29N3O2S. The highest BCUT2D eigenvalue weighted by Crippen LogP contribution is 2.47. The first-order valence-electron chi connectivity index (χ1n) is 12.2. The second-order valence-corrected chi connectivity index (χ2v) is 10.3. The first-order chi connectivity index (χ1) is 17.3. The number of aromatic nitrogens is 1. The van der Waals surface area contributed by atoms with Gasteiger partial charge < -0.3 is 9.84 Å². The van der Waals surface area contributed by atoms with Gasteiger partial charge in [0.1, 0.15) is 18.5 Å². The standard InChI is InChI=1S/C29H29N3O2S/c33-21(20-34-26-11-5-10-25-22(26)9-6-14-30-25)19-31-15-17-32(18-16-31)29-23-7-1-3-12-27(23)35-28-13-4-2-8-24(28)29/h1-14,21,29,33H,15-20H2. The fraction of sp³-hybridized carbons (Fsp3) is 0.276. The molecule has 1 atom stereocenters. The van der Waals surface area contributed by atoms with E-state index in [1.54, 1.807) is 6.20 Å². The van der Waals surface area contributed by atoms with Gasteiger partial charge in [0.15, 0.2) is 0 Å². The molecule has 2 aliphatic heterocycles. The van der Waals surface area contributed by atoms with Crippen molar-refractivity contribution in [3.8, 4) is 5.75 Å². The molecule has 1 N–H and O–H groups in total. The predicted molar refractivity (Wildman–Crippen MR) is 140 cm³/mol. The lowest BCUT2D eigenvalue weighted by Gasteiger charge is -2.42. The van der Waals surface area contributed by atoms with Crippen LogP contribution in [0.3, 0.4) is 0 Å². The molecule has 0 radical (unpaired) electrons. The Morgan fingerprint density at radius 2 is 1.57 bits per heavy atom. The maximum atomic E-state index is 10.7. The van der Waals surface area contributed by atoms with Crippen molar-refractivity contribution >= 4 is 22.7 Å². The molecule has 1 aromatic heterocycles. The minimum Gasteiger partial charge on any atom is -0.490 e. The van der Waals surface area contributed by atoms with Crippen molar-refractivity contribution in [2.75, 3.05) is 39.3 Å². The van der Waals surface area contributed by atoms with Crippen LogP contribution in [0.25, 0.3) is 10.9 Å². The van der Waals surface area contributed by atoms with Crippen LogP contribution in [-0.4, -0.2) is 65.3 Å². The van der Waals surface area contributed by atoms with E-state index in [2.05, 4.69) is 63.3 Å². The normalized spacial score (nSPS) is 17.6. The first-order valence-corrected chi connectivity index (χ1v) is 13.0. The van der Waals surface area contributed by atoms with Crippen molar-refractivity contribution < 1.29 is 9.84 Å². The second-order valence-electron chi connectivity index (χ2n) is 9.21. The van der Waals surface area contributed by atoms with Gasteiger partial charge >= 0.3 is 0 Å². The lowest BCUT2D eigenvalue weighted by atomic mass is 9.95. The average molecular weight is 484 g/mol. The molecule has 0 bridgehead atoms. The minimum absolute atomic E-state index is 0.273. The lowest BCUT2D eigenvalue weighted by molar-refractivity contribution is 0.0398. The van der Waals surface area contributed by atoms with Crippen LogP contribution < -0.4 is 4.74 Å². The number of piperazine rings is 1. The molecule has 5 nitrogen and oxygen atoms in total. The number of aliphatic hydroxyl groups is 1. The summed E-state index contributed by atoms with van der Waals surface area (Å²) in [6.07, 6.45) is 1.24. The third kappa shape index (κ3) is 4.67. The number of nitrogens with zero attached hydrogens (tertiary/aromatic N) is 3. The van der Waals surface area contributed by atoms with Crippen molar-refractivity contribution in [2.45, 2.75) is 21.9 Å². The predicted octanol–water partition coefficient (Wildman–Crippen LogP) is 4.85. The molecule has 0 saturated carbocycles. The zero-order chi connectivity index (χ0) is 23.6. The number of pyridine rings is 1. The van der Waals surface area contributed by atoms with Crippen molar-refractivity contribution in [3.63, 3.8) is 0 Å². The zero-order valence-electron chi connectivity index (χ0n) is 19.6. The zero-order valence-corrected chi connectivity index (χ0v) is 20.4. The quantitative estimate of drug-likeness (QED) is 0.423. The molecule has 178 valence electrons. The molecule has 3 aromatic carbocycles. The number of hydrogen-bond acceptors (Lipinski definition) is 6. The molecule has 0 aliphatic carbocycles. The molecule has 0 spiro atoms. The number of rotatable bonds is 6. The van der Waals surface area contributed by atoms with Crippen molar-refractivity contribution in [3.05, 3.63) is 96.2 Å². The lowest BCUT2D eigenvalue weighted by Crippen LogP contribution is -2.50. The molecule has 4 aromatic rings. The largest absolute Gasteiger partial charge is 0.490 e. The van der Waals surface area contributed by atoms with Gasteiger partial charge in [-0.15, -0.1) is 0 Å². The maximum Gasteiger partial charge on any atom is 0.128 e. The first kappa shape index (κ1) is 22.6. The van der Waals surface area contributed by atoms with E-state index in [4.69, 9.17) is 4.74 Å². The fourth-order valence-corrected chi connectivity index (χ4v) is 6.35. The molecule has 1 unspecified atom stereocenters. The van der Waals surface area contributed by atoms with Crippen LogP contribution in [0.1, 0.15) is 17.2 Å². The summed E-state index contributed by atoms with van der Waals surface area (Å²) in [5, 5.41) is 11.7. The number of fused-ring (bicyclic) bond motifs is 3. The Hall–Kier alpha value is -2.90. The van der Waals surface area contributed by atoms with Crippen LogP contribution in [0.4, 0.5) is 0 Å². The Balaban J connectivity index is 1.08. The maximum absolute atomic E-state index is 10.7. The van der Waals surface area contributed by atoms with Crippen LogP contribution in [0.2, 0.25) is 0 Å². The van der Waals surface area contributed by atoms with Gasteiger partial charge in [0.2, 0.25) is 0 Å². The SMILES string of the molecule is OC(COc1cccc2ncccc12)CN1CCN(C2c3ccccc3Sc3ccccc32)CC1. The number of benzene rings is 3. The van der Waals surface area contributed by atoms with Crippen LogP contribution in [0.15, 0.2) is 94.9 Å². The van der Waals surface area contributed by atoms with Crippen molar-refractivity contribution in [2.24, 2.45) is 0 Å². The summed E-state index contributed by atoms with van der Waals surface area (Å²) >= 11 is 1.88. The molecule has 35 heavy (non-hydrogen) atoms. The summed E-state index contributed by atoms with van der Waals surface area (Å²) < 4.78 is 5.99. The Morgan fingerprint density at radius 1 is 0.857 bits per heavy atom. The highest BCUT2D eigenvalue weighted by atomic mass is 32.2. The number of β-amino-alcohol motifs (C(OH)–C–C–N with tert-alkyl or cyclic N) is 1. The Kier molecular flexibility index (Phi) is 6.44. The van der Waals surface area contributed by atoms with Gasteiger partial charge in [0.05, 0.1) is 11.6 Å². The Labute approximate surface area is 210 Å². The van der Waals surface area contributed by atoms with Crippen molar-refractivity contribution in [1.29, 1.82) is 0 Å². The van der Waals surface area contributed by atoms with Crippen LogP contribution >= 0.6 is 11.8 Å². The van der Waals surface area contributed by atoms with E-state index >= 15 is 0 Å². The third-order valence-electron chi connectivity index (χ3n) is 6.92. The van der Waals surface area contributed by atoms with E-state index in [1.165, 1.54) is 20.9 Å². The summed E-state index contributed by atoms with van der Waals surface area (Å²) in [6, 6.07) is 27.7. The van der Waals surface area contributed by atoms with Crippen LogP contribution in [-0.2, 0) is 0 Å². The van der Waals surface area contributed by atoms with Crippen LogP contribution in [0.5, 0.6) is 5.75 Å². The molecule has 3 heterocycles. The van der Waals surface area contributed by atoms with E-state index in [9.17, 15) is 5.11 Å². The van der Waals surface area contributed by atoms with Crippen LogP contribution in [0, 0.1) is 0 Å². The number of ether oxygens (including phenoxy) is 1. The highest BCUT2D eigenvalue weighted by molar-refractivity contribution is 7.99. The molecule has 2 aliphatic rings. The molecule has 6 heteroatoms. The Morgan fingerprint density at radius 3 is 2.31 bits per heavy atom. The van der Waals surface area contributed by atoms with Gasteiger partial charge in [-0.3, -0.25) is 14.8 Å². The molecular weight excluding hydrogens is 454 g/mol. The van der Waals surface area contributed by atoms with Crippen molar-refractivity contribution in [1.82, 2.24) is 14.8 Å². The summed E-state index contributed by atoms with van der Waals surface area (Å²) in [4.78, 5) is 12.0. The van der Waals surface area contributed by atoms with E-state index < -0.39 is 6.10 Å². The highest BCUT2D eigenvalue weighted by Gasteiger charge is 2.32. The summed E-state index contributed by atoms with van der Waals surface area (Å²) in [5.74, 6) is 0.770. The number of aliphatic hydroxyl groups excluding tert-OH is 1. The summed E-state index contributed by atoms with van der Waals surface area (Å²) in [7, 11) is 0. The smallest absolute Gasteiger partial charge is 0.128 e. The molecule has 1 saturated heterocycles. The van der Waals surface area contributed by atoms with E-state index in [1.807, 2.05) is 42.1 Å². The van der Waals surface area contributed by atoms with E-state index in [0.29, 0.717) is 12.6 Å². The minimum atomic E-state index is -0.541. The van der Waals surface area contributed by atoms with Gasteiger partial charge in [-0.25, -0.2) is 0 Å². The number of hydrogen-bond donors (Lipinski definition) is 1. The molecule has 6 rings (SSSR count). The van der Waals surface area contributed by atoms with E-state index in [-0.39, 0.29) is 6.61 Å². The van der Waals surface area contributed by atoms with Gasteiger partial charge in [-0.2, -0.15) is 0 Å². The molecule has 0 amide bonds. The molecule has 1 fully saturated rings. The monoisotopic (exact) mass is 483 g/mol.